The molecule has 0 unspecified atom stereocenters. The molecule has 7 heavy (non-hydrogen) atoms. The average Bonchev–Trinajstić information content (AvgIpc) is 0.811. The van der Waals surface area contributed by atoms with Gasteiger partial charge >= 0.3 is 39.0 Å². The first kappa shape index (κ1) is 25.1. The van der Waals surface area contributed by atoms with E-state index in [0.717, 1.165) is 0 Å². The molecule has 0 aliphatic rings. The third kappa shape index (κ3) is 278. The van der Waals surface area contributed by atoms with Crippen LogP contribution in [-0.4, -0.2) is 5.09 Å². The summed E-state index contributed by atoms with van der Waals surface area (Å²) in [6, 6.07) is 0. The molecular weight excluding hydrogens is 228 g/mol. The second-order valence-electron chi connectivity index (χ2n) is 0.224. The van der Waals surface area contributed by atoms with Gasteiger partial charge in [-0.3, -0.25) is 0 Å². The van der Waals surface area contributed by atoms with Gasteiger partial charge in [0.25, 0.3) is 0 Å². The maximum Gasteiger partial charge on any atom is 2.00 e. The van der Waals surface area contributed by atoms with E-state index >= 15 is 0 Å². The first-order valence-electron chi connectivity index (χ1n) is 0.548. The molecule has 0 radical (unpaired) electrons. The second kappa shape index (κ2) is 15.9. The third-order valence-corrected chi connectivity index (χ3v) is 0. The largest absolute Gasteiger partial charge is 2.00 e. The Hall–Kier alpha value is 0.737. The third-order valence-electron chi connectivity index (χ3n) is 0. The van der Waals surface area contributed by atoms with Crippen LogP contribution in [-0.2, 0) is 39.0 Å². The van der Waals surface area contributed by atoms with Gasteiger partial charge in [-0.1, -0.05) is 0 Å². The van der Waals surface area contributed by atoms with Crippen LogP contribution in [0.2, 0.25) is 0 Å². The zero-order chi connectivity index (χ0) is 3.58. The van der Waals surface area contributed by atoms with Crippen molar-refractivity contribution in [2.75, 3.05) is 0 Å². The van der Waals surface area contributed by atoms with E-state index in [1.807, 2.05) is 0 Å². The standard InChI is InChI=1S/ClH.NO3.2Zn/c;2-1(3)4;;/h1H;;;/q;-1;2*+2/p-1. The summed E-state index contributed by atoms with van der Waals surface area (Å²) in [5.74, 6) is 0. The molecule has 0 atom stereocenters. The van der Waals surface area contributed by atoms with Crippen LogP contribution in [0, 0.1) is 15.3 Å². The summed E-state index contributed by atoms with van der Waals surface area (Å²) in [6.45, 7) is 0. The Labute approximate surface area is 71.7 Å². The molecule has 0 N–H and O–H groups in total. The van der Waals surface area contributed by atoms with Gasteiger partial charge in [-0.2, -0.15) is 0 Å². The minimum atomic E-state index is -1.75. The van der Waals surface area contributed by atoms with E-state index in [2.05, 4.69) is 0 Å². The van der Waals surface area contributed by atoms with Gasteiger partial charge in [0.15, 0.2) is 0 Å². The molecule has 0 heterocycles. The van der Waals surface area contributed by atoms with Gasteiger partial charge in [0.2, 0.25) is 0 Å². The number of halogens is 1. The first-order valence-corrected chi connectivity index (χ1v) is 0.548. The number of nitrogens with zero attached hydrogens (tertiary/aromatic N) is 1. The molecule has 4 nitrogen and oxygen atoms in total. The fourth-order valence-corrected chi connectivity index (χ4v) is 0. The fraction of sp³-hybridized carbons (Fsp3) is 0. The van der Waals surface area contributed by atoms with Crippen molar-refractivity contribution < 1.29 is 56.4 Å². The Bertz CT molecular complexity index is 35.9. The van der Waals surface area contributed by atoms with Crippen molar-refractivity contribution in [3.05, 3.63) is 15.3 Å². The van der Waals surface area contributed by atoms with Crippen LogP contribution in [0.4, 0.5) is 0 Å². The molecule has 0 aliphatic heterocycles. The molecular formula is ClNO3Zn2+2. The molecule has 32 valence electrons. The van der Waals surface area contributed by atoms with Crippen molar-refractivity contribution in [1.29, 1.82) is 0 Å². The van der Waals surface area contributed by atoms with Gasteiger partial charge in [0.05, 0.1) is 5.09 Å². The van der Waals surface area contributed by atoms with Crippen molar-refractivity contribution in [2.45, 2.75) is 0 Å². The minimum absolute atomic E-state index is 0. The summed E-state index contributed by atoms with van der Waals surface area (Å²) in [5, 5.41) is 14.8. The molecule has 0 aromatic heterocycles. The molecule has 0 rings (SSSR count). The summed E-state index contributed by atoms with van der Waals surface area (Å²) in [5.41, 5.74) is 0. The van der Waals surface area contributed by atoms with Crippen LogP contribution in [0.5, 0.6) is 0 Å². The predicted molar refractivity (Wildman–Crippen MR) is 10.4 cm³/mol. The van der Waals surface area contributed by atoms with Crippen LogP contribution in [0.3, 0.4) is 0 Å². The molecule has 0 saturated heterocycles. The molecule has 7 heteroatoms. The maximum absolute atomic E-state index is 8.25. The second-order valence-corrected chi connectivity index (χ2v) is 0.224. The van der Waals surface area contributed by atoms with E-state index in [-0.39, 0.29) is 51.4 Å². The van der Waals surface area contributed by atoms with E-state index < -0.39 is 5.09 Å². The maximum atomic E-state index is 8.25. The van der Waals surface area contributed by atoms with Crippen molar-refractivity contribution in [2.24, 2.45) is 0 Å². The van der Waals surface area contributed by atoms with E-state index in [1.54, 1.807) is 0 Å². The SMILES string of the molecule is O=[N+]([O-])[O-].[Cl-].[Zn+2].[Zn+2]. The summed E-state index contributed by atoms with van der Waals surface area (Å²) in [4.78, 5) is 8.25. The normalized spacial score (nSPS) is 3.43. The van der Waals surface area contributed by atoms with Crippen LogP contribution >= 0.6 is 0 Å². The van der Waals surface area contributed by atoms with Crippen molar-refractivity contribution in [3.8, 4) is 0 Å². The summed E-state index contributed by atoms with van der Waals surface area (Å²) in [7, 11) is 0. The first-order chi connectivity index (χ1) is 1.73. The zero-order valence-electron chi connectivity index (χ0n) is 3.46. The number of hydrogen-bond donors (Lipinski definition) is 0. The zero-order valence-corrected chi connectivity index (χ0v) is 10.2. The number of rotatable bonds is 0. The summed E-state index contributed by atoms with van der Waals surface area (Å²) < 4.78 is 0. The summed E-state index contributed by atoms with van der Waals surface area (Å²) >= 11 is 0. The molecule has 0 aromatic rings. The van der Waals surface area contributed by atoms with Gasteiger partial charge in [0.1, 0.15) is 0 Å². The van der Waals surface area contributed by atoms with Crippen LogP contribution in [0.1, 0.15) is 0 Å². The Morgan fingerprint density at radius 3 is 1.14 bits per heavy atom. The van der Waals surface area contributed by atoms with Crippen molar-refractivity contribution in [1.82, 2.24) is 0 Å². The van der Waals surface area contributed by atoms with E-state index in [4.69, 9.17) is 15.3 Å². The monoisotopic (exact) mass is 225 g/mol. The molecule has 0 aromatic carbocycles. The predicted octanol–water partition coefficient (Wildman–Crippen LogP) is -3.24. The fourth-order valence-electron chi connectivity index (χ4n) is 0. The Kier molecular flexibility index (Phi) is 57.0. The van der Waals surface area contributed by atoms with Crippen molar-refractivity contribution >= 4 is 0 Å². The van der Waals surface area contributed by atoms with Gasteiger partial charge in [0, 0.05) is 0 Å². The van der Waals surface area contributed by atoms with Crippen LogP contribution in [0.25, 0.3) is 0 Å². The van der Waals surface area contributed by atoms with Crippen LogP contribution in [0.15, 0.2) is 0 Å². The smallest absolute Gasteiger partial charge is 1.00 e. The minimum Gasteiger partial charge on any atom is -1.00 e. The van der Waals surface area contributed by atoms with Gasteiger partial charge < -0.3 is 27.7 Å². The van der Waals surface area contributed by atoms with Crippen molar-refractivity contribution in [3.63, 3.8) is 0 Å². The van der Waals surface area contributed by atoms with E-state index in [9.17, 15) is 0 Å². The Balaban J connectivity index is -0.0000000150. The molecule has 0 spiro atoms. The molecule has 0 amide bonds. The molecule has 0 fully saturated rings. The van der Waals surface area contributed by atoms with Crippen LogP contribution < -0.4 is 12.4 Å². The molecule has 0 aliphatic carbocycles. The Morgan fingerprint density at radius 2 is 1.14 bits per heavy atom. The van der Waals surface area contributed by atoms with E-state index in [1.165, 1.54) is 0 Å². The Morgan fingerprint density at radius 1 is 1.14 bits per heavy atom. The van der Waals surface area contributed by atoms with Gasteiger partial charge in [-0.15, -0.1) is 0 Å². The number of hydrogen-bond acceptors (Lipinski definition) is 3. The van der Waals surface area contributed by atoms with E-state index in [0.29, 0.717) is 0 Å². The van der Waals surface area contributed by atoms with Gasteiger partial charge in [-0.05, 0) is 0 Å². The summed E-state index contributed by atoms with van der Waals surface area (Å²) in [6.07, 6.45) is 0. The molecule has 0 saturated carbocycles. The van der Waals surface area contributed by atoms with Gasteiger partial charge in [-0.25, -0.2) is 0 Å². The quantitative estimate of drug-likeness (QED) is 0.249. The molecule has 0 bridgehead atoms. The average molecular weight is 228 g/mol. The topological polar surface area (TPSA) is 66.2 Å².